The Bertz CT molecular complexity index is 867. The number of amides is 1. The fraction of sp³-hybridized carbons (Fsp3) is 0.200. The minimum absolute atomic E-state index is 0.0621. The van der Waals surface area contributed by atoms with E-state index in [-0.39, 0.29) is 11.1 Å². The van der Waals surface area contributed by atoms with Gasteiger partial charge in [-0.15, -0.1) is 11.3 Å². The molecule has 0 saturated carbocycles. The number of carbonyl (C=O) groups is 1. The number of benzene rings is 1. The van der Waals surface area contributed by atoms with E-state index in [1.54, 1.807) is 29.2 Å². The zero-order valence-electron chi connectivity index (χ0n) is 12.9. The molecular formula is C15H14ClN5O3S. The zero-order valence-corrected chi connectivity index (χ0v) is 14.5. The molecule has 0 aliphatic carbocycles. The van der Waals surface area contributed by atoms with Gasteiger partial charge in [0.25, 0.3) is 12.1 Å². The third-order valence-electron chi connectivity index (χ3n) is 3.65. The summed E-state index contributed by atoms with van der Waals surface area (Å²) < 4.78 is 0. The topological polar surface area (TPSA) is 114 Å². The van der Waals surface area contributed by atoms with Crippen molar-refractivity contribution in [3.63, 3.8) is 0 Å². The molecule has 1 amide bonds. The summed E-state index contributed by atoms with van der Waals surface area (Å²) in [5.41, 5.74) is 7.64. The number of nitrogens with zero attached hydrogens (tertiary/aromatic N) is 3. The molecule has 0 radical (unpaired) electrons. The van der Waals surface area contributed by atoms with Gasteiger partial charge >= 0.3 is 0 Å². The van der Waals surface area contributed by atoms with Crippen molar-refractivity contribution in [3.8, 4) is 0 Å². The Balaban J connectivity index is 1.75. The molecule has 130 valence electrons. The van der Waals surface area contributed by atoms with Crippen molar-refractivity contribution >= 4 is 40.2 Å². The van der Waals surface area contributed by atoms with Crippen LogP contribution in [0.25, 0.3) is 0 Å². The summed E-state index contributed by atoms with van der Waals surface area (Å²) >= 11 is 7.20. The quantitative estimate of drug-likeness (QED) is 0.365. The van der Waals surface area contributed by atoms with Gasteiger partial charge in [0.15, 0.2) is 10.2 Å². The summed E-state index contributed by atoms with van der Waals surface area (Å²) in [4.78, 5) is 29.3. The molecule has 0 unspecified atom stereocenters. The Hall–Kier alpha value is -2.65. The number of nitro groups is 1. The molecule has 25 heavy (non-hydrogen) atoms. The second-order valence-corrected chi connectivity index (χ2v) is 6.81. The third kappa shape index (κ3) is 3.89. The first kappa shape index (κ1) is 17.2. The second kappa shape index (κ2) is 7.08. The largest absolute Gasteiger partial charge is 0.397 e. The van der Waals surface area contributed by atoms with E-state index >= 15 is 0 Å². The van der Waals surface area contributed by atoms with Crippen molar-refractivity contribution in [1.82, 2.24) is 9.88 Å². The summed E-state index contributed by atoms with van der Waals surface area (Å²) in [5.74, 6) is -0.337. The van der Waals surface area contributed by atoms with Crippen LogP contribution >= 0.6 is 22.9 Å². The van der Waals surface area contributed by atoms with Gasteiger partial charge in [-0.3, -0.25) is 14.9 Å². The average Bonchev–Trinajstić information content (AvgIpc) is 2.99. The molecule has 1 aliphatic heterocycles. The number of rotatable bonds is 4. The summed E-state index contributed by atoms with van der Waals surface area (Å²) in [6.07, 6.45) is 1.33. The number of halogens is 1. The van der Waals surface area contributed by atoms with E-state index in [1.165, 1.54) is 11.3 Å². The highest BCUT2D eigenvalue weighted by molar-refractivity contribution is 7.13. The smallest absolute Gasteiger partial charge is 0.284 e. The van der Waals surface area contributed by atoms with Gasteiger partial charge in [-0.2, -0.15) is 0 Å². The van der Waals surface area contributed by atoms with Gasteiger partial charge < -0.3 is 16.0 Å². The van der Waals surface area contributed by atoms with Crippen molar-refractivity contribution in [2.75, 3.05) is 17.6 Å². The minimum atomic E-state index is -0.590. The molecule has 8 nitrogen and oxygen atoms in total. The highest BCUT2D eigenvalue weighted by Crippen LogP contribution is 2.29. The summed E-state index contributed by atoms with van der Waals surface area (Å²) in [6.45, 7) is 0.892. The monoisotopic (exact) mass is 379 g/mol. The lowest BCUT2D eigenvalue weighted by Gasteiger charge is -2.25. The van der Waals surface area contributed by atoms with E-state index in [2.05, 4.69) is 10.3 Å². The standard InChI is InChI=1S/C15H14ClN5O3S/c16-13(8-21(23)24)20-6-5-11-12(7-20)25-15(19-11)14(22)18-10-4-2-1-3-9(10)17/h1-4,8H,5-7,17H2,(H,18,22). The van der Waals surface area contributed by atoms with Crippen LogP contribution in [-0.2, 0) is 13.0 Å². The molecule has 0 atom stereocenters. The van der Waals surface area contributed by atoms with Crippen molar-refractivity contribution in [3.05, 3.63) is 61.3 Å². The minimum Gasteiger partial charge on any atom is -0.397 e. The molecule has 0 bridgehead atoms. The van der Waals surface area contributed by atoms with Gasteiger partial charge in [-0.25, -0.2) is 4.98 Å². The maximum absolute atomic E-state index is 12.4. The SMILES string of the molecule is Nc1ccccc1NC(=O)c1nc2c(s1)CN(C(Cl)=C[N+](=O)[O-])CC2. The maximum atomic E-state index is 12.4. The number of nitrogens with one attached hydrogen (secondary N) is 1. The fourth-order valence-electron chi connectivity index (χ4n) is 2.43. The van der Waals surface area contributed by atoms with Crippen LogP contribution in [0.1, 0.15) is 20.4 Å². The van der Waals surface area contributed by atoms with Crippen molar-refractivity contribution < 1.29 is 9.72 Å². The van der Waals surface area contributed by atoms with E-state index in [0.29, 0.717) is 35.9 Å². The predicted octanol–water partition coefficient (Wildman–Crippen LogP) is 2.65. The molecule has 10 heteroatoms. The lowest BCUT2D eigenvalue weighted by molar-refractivity contribution is -0.403. The lowest BCUT2D eigenvalue weighted by atomic mass is 10.2. The van der Waals surface area contributed by atoms with Gasteiger partial charge in [0.05, 0.1) is 28.5 Å². The van der Waals surface area contributed by atoms with Gasteiger partial charge in [0.2, 0.25) is 0 Å². The summed E-state index contributed by atoms with van der Waals surface area (Å²) in [5, 5.41) is 13.7. The van der Waals surface area contributed by atoms with Crippen LogP contribution in [0.15, 0.2) is 35.6 Å². The van der Waals surface area contributed by atoms with Crippen molar-refractivity contribution in [2.45, 2.75) is 13.0 Å². The lowest BCUT2D eigenvalue weighted by Crippen LogP contribution is -2.27. The van der Waals surface area contributed by atoms with Crippen molar-refractivity contribution in [2.24, 2.45) is 0 Å². The highest BCUT2D eigenvalue weighted by Gasteiger charge is 2.25. The number of aromatic nitrogens is 1. The maximum Gasteiger partial charge on any atom is 0.284 e. The van der Waals surface area contributed by atoms with Crippen molar-refractivity contribution in [1.29, 1.82) is 0 Å². The molecular weight excluding hydrogens is 366 g/mol. The van der Waals surface area contributed by atoms with Crippen LogP contribution in [0.5, 0.6) is 0 Å². The van der Waals surface area contributed by atoms with E-state index in [4.69, 9.17) is 17.3 Å². The van der Waals surface area contributed by atoms with Crippen LogP contribution in [0.3, 0.4) is 0 Å². The normalized spacial score (nSPS) is 14.1. The number of hydrogen-bond acceptors (Lipinski definition) is 7. The third-order valence-corrected chi connectivity index (χ3v) is 5.07. The molecule has 3 N–H and O–H groups in total. The molecule has 1 aromatic carbocycles. The predicted molar refractivity (Wildman–Crippen MR) is 96.0 cm³/mol. The molecule has 2 heterocycles. The van der Waals surface area contributed by atoms with Crippen LogP contribution in [0.2, 0.25) is 0 Å². The number of nitrogen functional groups attached to an aromatic ring is 1. The second-order valence-electron chi connectivity index (χ2n) is 5.34. The van der Waals surface area contributed by atoms with Gasteiger partial charge in [-0.1, -0.05) is 23.7 Å². The Kier molecular flexibility index (Phi) is 4.86. The van der Waals surface area contributed by atoms with E-state index in [0.717, 1.165) is 16.8 Å². The number of nitrogens with two attached hydrogens (primary N) is 1. The van der Waals surface area contributed by atoms with Gasteiger partial charge in [-0.05, 0) is 12.1 Å². The number of thiazole rings is 1. The number of carbonyl (C=O) groups excluding carboxylic acids is 1. The Morgan fingerprint density at radius 2 is 2.24 bits per heavy atom. The molecule has 1 aliphatic rings. The Morgan fingerprint density at radius 3 is 2.96 bits per heavy atom. The fourth-order valence-corrected chi connectivity index (χ4v) is 3.67. The Labute approximate surface area is 152 Å². The average molecular weight is 380 g/mol. The van der Waals surface area contributed by atoms with E-state index in [1.807, 2.05) is 0 Å². The number of fused-ring (bicyclic) bond motifs is 1. The molecule has 0 spiro atoms. The number of anilines is 2. The molecule has 0 saturated heterocycles. The van der Waals surface area contributed by atoms with Crippen LogP contribution in [0, 0.1) is 10.1 Å². The summed E-state index contributed by atoms with van der Waals surface area (Å²) in [6, 6.07) is 6.97. The van der Waals surface area contributed by atoms with Crippen LogP contribution < -0.4 is 11.1 Å². The highest BCUT2D eigenvalue weighted by atomic mass is 35.5. The molecule has 2 aromatic rings. The van der Waals surface area contributed by atoms with Gasteiger partial charge in [0, 0.05) is 17.8 Å². The van der Waals surface area contributed by atoms with Crippen LogP contribution in [0.4, 0.5) is 11.4 Å². The van der Waals surface area contributed by atoms with Gasteiger partial charge in [0.1, 0.15) is 0 Å². The molecule has 0 fully saturated rings. The first-order valence-electron chi connectivity index (χ1n) is 7.34. The Morgan fingerprint density at radius 1 is 1.48 bits per heavy atom. The zero-order chi connectivity index (χ0) is 18.0. The summed E-state index contributed by atoms with van der Waals surface area (Å²) in [7, 11) is 0. The van der Waals surface area contributed by atoms with E-state index < -0.39 is 4.92 Å². The number of hydrogen-bond donors (Lipinski definition) is 2. The molecule has 1 aromatic heterocycles. The van der Waals surface area contributed by atoms with Crippen LogP contribution in [-0.4, -0.2) is 27.3 Å². The first-order chi connectivity index (χ1) is 11.9. The molecule has 3 rings (SSSR count). The first-order valence-corrected chi connectivity index (χ1v) is 8.53. The number of para-hydroxylation sites is 2. The van der Waals surface area contributed by atoms with E-state index in [9.17, 15) is 14.9 Å².